The highest BCUT2D eigenvalue weighted by Gasteiger charge is 2.32. The fourth-order valence-corrected chi connectivity index (χ4v) is 2.39. The average molecular weight is 270 g/mol. The lowest BCUT2D eigenvalue weighted by Crippen LogP contribution is -2.48. The Morgan fingerprint density at radius 2 is 2.16 bits per heavy atom. The van der Waals surface area contributed by atoms with E-state index in [1.165, 1.54) is 0 Å². The summed E-state index contributed by atoms with van der Waals surface area (Å²) < 4.78 is 0. The van der Waals surface area contributed by atoms with Crippen LogP contribution in [0.25, 0.3) is 0 Å². The molecule has 108 valence electrons. The quantitative estimate of drug-likeness (QED) is 0.279. The summed E-state index contributed by atoms with van der Waals surface area (Å²) in [6, 6.07) is 0. The summed E-state index contributed by atoms with van der Waals surface area (Å²) in [6.45, 7) is 2.84. The van der Waals surface area contributed by atoms with Crippen molar-refractivity contribution < 1.29 is 14.8 Å². The predicted octanol–water partition coefficient (Wildman–Crippen LogP) is -0.127. The molecule has 0 radical (unpaired) electrons. The number of carbonyl (C=O) groups excluding carboxylic acids is 2. The molecule has 1 aliphatic rings. The van der Waals surface area contributed by atoms with Crippen LogP contribution in [0, 0.1) is 11.8 Å². The van der Waals surface area contributed by atoms with Gasteiger partial charge in [0.2, 0.25) is 11.8 Å². The highest BCUT2D eigenvalue weighted by atomic mass is 16.4. The number of carbonyl (C=O) groups is 2. The Labute approximate surface area is 112 Å². The Hall–Kier alpha value is -1.79. The van der Waals surface area contributed by atoms with Crippen LogP contribution >= 0.6 is 0 Å². The highest BCUT2D eigenvalue weighted by molar-refractivity contribution is 6.02. The summed E-state index contributed by atoms with van der Waals surface area (Å²) in [4.78, 5) is 25.2. The standard InChI is InChI=1S/C12H22N4O3/c1-2-4-9(10(13)15-19)12(18)16-6-3-5-8(7-16)11(14)17/h8-9,19H,2-7H2,1H3,(H2,13,15)(H2,14,17). The smallest absolute Gasteiger partial charge is 0.233 e. The van der Waals surface area contributed by atoms with Crippen molar-refractivity contribution in [3.8, 4) is 0 Å². The lowest BCUT2D eigenvalue weighted by molar-refractivity contribution is -0.137. The van der Waals surface area contributed by atoms with Crippen LogP contribution in [0.5, 0.6) is 0 Å². The Balaban J connectivity index is 2.76. The van der Waals surface area contributed by atoms with Crippen LogP contribution in [-0.2, 0) is 9.59 Å². The topological polar surface area (TPSA) is 122 Å². The Morgan fingerprint density at radius 3 is 2.68 bits per heavy atom. The molecule has 0 saturated carbocycles. The molecular weight excluding hydrogens is 248 g/mol. The SMILES string of the molecule is CCCC(C(=O)N1CCCC(C(N)=O)C1)C(N)=NO. The molecule has 0 aliphatic carbocycles. The van der Waals surface area contributed by atoms with Gasteiger partial charge in [-0.2, -0.15) is 0 Å². The largest absolute Gasteiger partial charge is 0.409 e. The summed E-state index contributed by atoms with van der Waals surface area (Å²) in [6.07, 6.45) is 2.72. The number of oxime groups is 1. The van der Waals surface area contributed by atoms with E-state index >= 15 is 0 Å². The first-order valence-corrected chi connectivity index (χ1v) is 6.56. The van der Waals surface area contributed by atoms with Crippen molar-refractivity contribution in [3.63, 3.8) is 0 Å². The molecule has 19 heavy (non-hydrogen) atoms. The minimum Gasteiger partial charge on any atom is -0.409 e. The molecule has 7 heteroatoms. The highest BCUT2D eigenvalue weighted by Crippen LogP contribution is 2.20. The number of nitrogens with zero attached hydrogens (tertiary/aromatic N) is 2. The number of likely N-dealkylation sites (tertiary alicyclic amines) is 1. The fourth-order valence-electron chi connectivity index (χ4n) is 2.39. The van der Waals surface area contributed by atoms with Crippen molar-refractivity contribution in [1.29, 1.82) is 0 Å². The first-order valence-electron chi connectivity index (χ1n) is 6.56. The predicted molar refractivity (Wildman–Crippen MR) is 70.3 cm³/mol. The summed E-state index contributed by atoms with van der Waals surface area (Å²) >= 11 is 0. The van der Waals surface area contributed by atoms with Crippen molar-refractivity contribution in [2.24, 2.45) is 28.5 Å². The fraction of sp³-hybridized carbons (Fsp3) is 0.750. The monoisotopic (exact) mass is 270 g/mol. The molecule has 5 N–H and O–H groups in total. The van der Waals surface area contributed by atoms with Gasteiger partial charge in [0.25, 0.3) is 0 Å². The maximum atomic E-state index is 12.4. The lowest BCUT2D eigenvalue weighted by Gasteiger charge is -2.33. The molecule has 2 amide bonds. The zero-order chi connectivity index (χ0) is 14.4. The Bertz CT molecular complexity index is 370. The number of amidine groups is 1. The van der Waals surface area contributed by atoms with E-state index < -0.39 is 5.92 Å². The van der Waals surface area contributed by atoms with E-state index in [9.17, 15) is 9.59 Å². The number of primary amides is 1. The second kappa shape index (κ2) is 6.96. The minimum absolute atomic E-state index is 0.0759. The molecule has 7 nitrogen and oxygen atoms in total. The number of piperidine rings is 1. The zero-order valence-corrected chi connectivity index (χ0v) is 11.2. The van der Waals surface area contributed by atoms with Gasteiger partial charge in [-0.1, -0.05) is 18.5 Å². The summed E-state index contributed by atoms with van der Waals surface area (Å²) in [5.41, 5.74) is 10.9. The van der Waals surface area contributed by atoms with Gasteiger partial charge in [0.05, 0.1) is 11.8 Å². The molecule has 0 aromatic rings. The van der Waals surface area contributed by atoms with Crippen molar-refractivity contribution in [3.05, 3.63) is 0 Å². The van der Waals surface area contributed by atoms with Crippen LogP contribution in [0.15, 0.2) is 5.16 Å². The molecule has 1 heterocycles. The molecule has 0 aromatic heterocycles. The van der Waals surface area contributed by atoms with Gasteiger partial charge < -0.3 is 21.6 Å². The molecule has 0 aromatic carbocycles. The van der Waals surface area contributed by atoms with Crippen LogP contribution in [0.1, 0.15) is 32.6 Å². The normalized spacial score (nSPS) is 22.1. The van der Waals surface area contributed by atoms with Crippen molar-refractivity contribution in [2.75, 3.05) is 13.1 Å². The van der Waals surface area contributed by atoms with Gasteiger partial charge in [-0.25, -0.2) is 0 Å². The van der Waals surface area contributed by atoms with Gasteiger partial charge in [0, 0.05) is 13.1 Å². The molecule has 1 aliphatic heterocycles. The molecular formula is C12H22N4O3. The van der Waals surface area contributed by atoms with Crippen LogP contribution in [0.2, 0.25) is 0 Å². The molecule has 0 spiro atoms. The number of amides is 2. The van der Waals surface area contributed by atoms with Crippen molar-refractivity contribution >= 4 is 17.6 Å². The van der Waals surface area contributed by atoms with Crippen LogP contribution < -0.4 is 11.5 Å². The van der Waals surface area contributed by atoms with Crippen LogP contribution in [0.4, 0.5) is 0 Å². The third kappa shape index (κ3) is 3.84. The van der Waals surface area contributed by atoms with Crippen LogP contribution in [-0.4, -0.2) is 40.8 Å². The van der Waals surface area contributed by atoms with Crippen LogP contribution in [0.3, 0.4) is 0 Å². The van der Waals surface area contributed by atoms with Gasteiger partial charge in [0.15, 0.2) is 5.84 Å². The minimum atomic E-state index is -0.623. The van der Waals surface area contributed by atoms with Crippen molar-refractivity contribution in [2.45, 2.75) is 32.6 Å². The van der Waals surface area contributed by atoms with Gasteiger partial charge in [-0.05, 0) is 19.3 Å². The number of nitrogens with two attached hydrogens (primary N) is 2. The number of hydrogen-bond acceptors (Lipinski definition) is 4. The van der Waals surface area contributed by atoms with E-state index in [1.807, 2.05) is 6.92 Å². The van der Waals surface area contributed by atoms with E-state index in [0.717, 1.165) is 12.8 Å². The van der Waals surface area contributed by atoms with E-state index in [2.05, 4.69) is 5.16 Å². The second-order valence-corrected chi connectivity index (χ2v) is 4.89. The molecule has 1 fully saturated rings. The third-order valence-electron chi connectivity index (χ3n) is 3.48. The Morgan fingerprint density at radius 1 is 1.47 bits per heavy atom. The second-order valence-electron chi connectivity index (χ2n) is 4.89. The summed E-state index contributed by atoms with van der Waals surface area (Å²) in [5.74, 6) is -1.57. The molecule has 2 unspecified atom stereocenters. The first-order chi connectivity index (χ1) is 9.01. The van der Waals surface area contributed by atoms with Gasteiger partial charge in [-0.3, -0.25) is 9.59 Å². The maximum Gasteiger partial charge on any atom is 0.233 e. The average Bonchev–Trinajstić information content (AvgIpc) is 2.43. The maximum absolute atomic E-state index is 12.4. The lowest BCUT2D eigenvalue weighted by atomic mass is 9.94. The molecule has 2 atom stereocenters. The van der Waals surface area contributed by atoms with E-state index in [1.54, 1.807) is 4.90 Å². The molecule has 0 bridgehead atoms. The van der Waals surface area contributed by atoms with Crippen molar-refractivity contribution in [1.82, 2.24) is 4.90 Å². The number of hydrogen-bond donors (Lipinski definition) is 3. The van der Waals surface area contributed by atoms with E-state index in [-0.39, 0.29) is 23.6 Å². The van der Waals surface area contributed by atoms with Gasteiger partial charge in [-0.15, -0.1) is 0 Å². The summed E-state index contributed by atoms with van der Waals surface area (Å²) in [5, 5.41) is 11.7. The molecule has 1 saturated heterocycles. The number of rotatable bonds is 5. The van der Waals surface area contributed by atoms with Gasteiger partial charge >= 0.3 is 0 Å². The van der Waals surface area contributed by atoms with Gasteiger partial charge in [0.1, 0.15) is 0 Å². The summed E-state index contributed by atoms with van der Waals surface area (Å²) in [7, 11) is 0. The first kappa shape index (κ1) is 15.3. The molecule has 1 rings (SSSR count). The van der Waals surface area contributed by atoms with E-state index in [4.69, 9.17) is 16.7 Å². The Kier molecular flexibility index (Phi) is 5.59. The van der Waals surface area contributed by atoms with E-state index in [0.29, 0.717) is 25.9 Å². The third-order valence-corrected chi connectivity index (χ3v) is 3.48. The zero-order valence-electron chi connectivity index (χ0n) is 11.2.